The number of nitrogens with zero attached hydrogens (tertiary/aromatic N) is 1. The average molecular weight is 217 g/mol. The van der Waals surface area contributed by atoms with Gasteiger partial charge in [-0.3, -0.25) is 9.59 Å². The third-order valence-electron chi connectivity index (χ3n) is 1.94. The van der Waals surface area contributed by atoms with Gasteiger partial charge < -0.3 is 14.7 Å². The van der Waals surface area contributed by atoms with E-state index in [1.54, 1.807) is 0 Å². The van der Waals surface area contributed by atoms with Crippen LogP contribution in [0.3, 0.4) is 0 Å². The summed E-state index contributed by atoms with van der Waals surface area (Å²) in [7, 11) is 1.30. The van der Waals surface area contributed by atoms with E-state index in [0.29, 0.717) is 13.0 Å². The largest absolute Gasteiger partial charge is 0.468 e. The van der Waals surface area contributed by atoms with Crippen molar-refractivity contribution in [2.45, 2.75) is 26.2 Å². The molecule has 0 aliphatic carbocycles. The van der Waals surface area contributed by atoms with Crippen molar-refractivity contribution < 1.29 is 19.4 Å². The minimum absolute atomic E-state index is 0.00536. The van der Waals surface area contributed by atoms with E-state index in [1.807, 2.05) is 6.92 Å². The van der Waals surface area contributed by atoms with Gasteiger partial charge in [-0.2, -0.15) is 0 Å². The maximum absolute atomic E-state index is 11.6. The summed E-state index contributed by atoms with van der Waals surface area (Å²) in [5.41, 5.74) is 0. The van der Waals surface area contributed by atoms with E-state index in [-0.39, 0.29) is 25.5 Å². The summed E-state index contributed by atoms with van der Waals surface area (Å²) < 4.78 is 4.50. The van der Waals surface area contributed by atoms with Crippen molar-refractivity contribution in [3.63, 3.8) is 0 Å². The molecule has 0 aliphatic rings. The number of aliphatic hydroxyl groups excluding tert-OH is 1. The number of hydrogen-bond acceptors (Lipinski definition) is 4. The summed E-state index contributed by atoms with van der Waals surface area (Å²) in [6.45, 7) is 2.46. The zero-order chi connectivity index (χ0) is 11.7. The third kappa shape index (κ3) is 6.06. The van der Waals surface area contributed by atoms with Gasteiger partial charge in [0.15, 0.2) is 0 Å². The molecule has 5 nitrogen and oxygen atoms in total. The summed E-state index contributed by atoms with van der Waals surface area (Å²) in [6.07, 6.45) is 1.50. The van der Waals surface area contributed by atoms with Gasteiger partial charge in [-0.25, -0.2) is 0 Å². The molecule has 0 unspecified atom stereocenters. The Morgan fingerprint density at radius 2 is 2.07 bits per heavy atom. The predicted octanol–water partition coefficient (Wildman–Crippen LogP) is 0.170. The highest BCUT2D eigenvalue weighted by atomic mass is 16.5. The first-order chi connectivity index (χ1) is 7.15. The van der Waals surface area contributed by atoms with Crippen molar-refractivity contribution in [3.8, 4) is 0 Å². The Hall–Kier alpha value is -1.10. The van der Waals surface area contributed by atoms with Crippen LogP contribution in [0.25, 0.3) is 0 Å². The molecule has 0 bridgehead atoms. The molecule has 0 heterocycles. The van der Waals surface area contributed by atoms with Gasteiger partial charge in [0, 0.05) is 19.6 Å². The number of aliphatic hydroxyl groups is 1. The van der Waals surface area contributed by atoms with E-state index in [9.17, 15) is 9.59 Å². The SMILES string of the molecule is CCCN(CC(=O)OC)C(=O)CCCO. The normalized spacial score (nSPS) is 9.80. The quantitative estimate of drug-likeness (QED) is 0.617. The van der Waals surface area contributed by atoms with Gasteiger partial charge in [-0.05, 0) is 12.8 Å². The molecule has 0 aromatic heterocycles. The second-order valence-corrected chi connectivity index (χ2v) is 3.22. The molecule has 0 spiro atoms. The Morgan fingerprint density at radius 1 is 1.40 bits per heavy atom. The van der Waals surface area contributed by atoms with Crippen LogP contribution in [0.4, 0.5) is 0 Å². The summed E-state index contributed by atoms with van der Waals surface area (Å²) >= 11 is 0. The lowest BCUT2D eigenvalue weighted by Crippen LogP contribution is -2.36. The minimum atomic E-state index is -0.416. The number of carbonyl (C=O) groups is 2. The van der Waals surface area contributed by atoms with Gasteiger partial charge in [0.2, 0.25) is 5.91 Å². The van der Waals surface area contributed by atoms with Crippen molar-refractivity contribution in [1.82, 2.24) is 4.90 Å². The second-order valence-electron chi connectivity index (χ2n) is 3.22. The molecule has 0 radical (unpaired) electrons. The van der Waals surface area contributed by atoms with Gasteiger partial charge >= 0.3 is 5.97 Å². The fourth-order valence-electron chi connectivity index (χ4n) is 1.17. The minimum Gasteiger partial charge on any atom is -0.468 e. The van der Waals surface area contributed by atoms with Crippen LogP contribution in [0.1, 0.15) is 26.2 Å². The smallest absolute Gasteiger partial charge is 0.325 e. The highest BCUT2D eigenvalue weighted by Gasteiger charge is 2.15. The Bertz CT molecular complexity index is 206. The summed E-state index contributed by atoms with van der Waals surface area (Å²) in [4.78, 5) is 24.0. The van der Waals surface area contributed by atoms with Crippen LogP contribution in [-0.2, 0) is 14.3 Å². The molecule has 0 aromatic rings. The summed E-state index contributed by atoms with van der Waals surface area (Å²) in [6, 6.07) is 0. The lowest BCUT2D eigenvalue weighted by Gasteiger charge is -2.20. The monoisotopic (exact) mass is 217 g/mol. The van der Waals surface area contributed by atoms with Crippen molar-refractivity contribution in [2.24, 2.45) is 0 Å². The lowest BCUT2D eigenvalue weighted by atomic mass is 10.2. The zero-order valence-corrected chi connectivity index (χ0v) is 9.36. The number of amides is 1. The fraction of sp³-hybridized carbons (Fsp3) is 0.800. The van der Waals surface area contributed by atoms with E-state index >= 15 is 0 Å². The van der Waals surface area contributed by atoms with Crippen LogP contribution in [0.15, 0.2) is 0 Å². The standard InChI is InChI=1S/C10H19NO4/c1-3-6-11(8-10(14)15-2)9(13)5-4-7-12/h12H,3-8H2,1-2H3. The van der Waals surface area contributed by atoms with Gasteiger partial charge in [0.05, 0.1) is 7.11 Å². The molecule has 88 valence electrons. The lowest BCUT2D eigenvalue weighted by molar-refractivity contribution is -0.147. The van der Waals surface area contributed by atoms with Gasteiger partial charge in [-0.15, -0.1) is 0 Å². The summed E-state index contributed by atoms with van der Waals surface area (Å²) in [5, 5.41) is 8.59. The first-order valence-electron chi connectivity index (χ1n) is 5.11. The maximum atomic E-state index is 11.6. The van der Waals surface area contributed by atoms with Crippen LogP contribution >= 0.6 is 0 Å². The predicted molar refractivity (Wildman–Crippen MR) is 55.2 cm³/mol. The van der Waals surface area contributed by atoms with Crippen LogP contribution in [0.5, 0.6) is 0 Å². The number of ether oxygens (including phenoxy) is 1. The average Bonchev–Trinajstić information content (AvgIpc) is 2.24. The van der Waals surface area contributed by atoms with Crippen LogP contribution in [-0.4, -0.2) is 48.7 Å². The first-order valence-corrected chi connectivity index (χ1v) is 5.11. The van der Waals surface area contributed by atoms with E-state index in [2.05, 4.69) is 4.74 Å². The highest BCUT2D eigenvalue weighted by molar-refractivity contribution is 5.81. The summed E-state index contributed by atoms with van der Waals surface area (Å²) in [5.74, 6) is -0.530. The molecule has 0 atom stereocenters. The molecule has 0 saturated heterocycles. The van der Waals surface area contributed by atoms with Crippen LogP contribution in [0, 0.1) is 0 Å². The molecule has 5 heteroatoms. The molecule has 0 aliphatic heterocycles. The van der Waals surface area contributed by atoms with Crippen LogP contribution in [0.2, 0.25) is 0 Å². The van der Waals surface area contributed by atoms with Crippen molar-refractivity contribution in [3.05, 3.63) is 0 Å². The number of hydrogen-bond donors (Lipinski definition) is 1. The molecule has 1 amide bonds. The molecule has 0 aromatic carbocycles. The van der Waals surface area contributed by atoms with Crippen molar-refractivity contribution >= 4 is 11.9 Å². The molecule has 0 saturated carbocycles. The fourth-order valence-corrected chi connectivity index (χ4v) is 1.17. The van der Waals surface area contributed by atoms with Gasteiger partial charge in [0.25, 0.3) is 0 Å². The van der Waals surface area contributed by atoms with Gasteiger partial charge in [0.1, 0.15) is 6.54 Å². The molecular formula is C10H19NO4. The highest BCUT2D eigenvalue weighted by Crippen LogP contribution is 1.99. The molecular weight excluding hydrogens is 198 g/mol. The molecule has 0 rings (SSSR count). The maximum Gasteiger partial charge on any atom is 0.325 e. The van der Waals surface area contributed by atoms with E-state index in [1.165, 1.54) is 12.0 Å². The Balaban J connectivity index is 4.11. The number of rotatable bonds is 7. The number of methoxy groups -OCH3 is 1. The van der Waals surface area contributed by atoms with Gasteiger partial charge in [-0.1, -0.05) is 6.92 Å². The second kappa shape index (κ2) is 8.23. The molecule has 0 fully saturated rings. The van der Waals surface area contributed by atoms with Crippen molar-refractivity contribution in [1.29, 1.82) is 0 Å². The third-order valence-corrected chi connectivity index (χ3v) is 1.94. The Kier molecular flexibility index (Phi) is 7.62. The van der Waals surface area contributed by atoms with Crippen LogP contribution < -0.4 is 0 Å². The topological polar surface area (TPSA) is 66.8 Å². The molecule has 1 N–H and O–H groups in total. The number of carbonyl (C=O) groups excluding carboxylic acids is 2. The zero-order valence-electron chi connectivity index (χ0n) is 9.36. The molecule has 15 heavy (non-hydrogen) atoms. The number of esters is 1. The van der Waals surface area contributed by atoms with Crippen molar-refractivity contribution in [2.75, 3.05) is 26.8 Å². The van der Waals surface area contributed by atoms with E-state index < -0.39 is 5.97 Å². The van der Waals surface area contributed by atoms with E-state index in [0.717, 1.165) is 6.42 Å². The Morgan fingerprint density at radius 3 is 2.53 bits per heavy atom. The Labute approximate surface area is 90.0 Å². The first kappa shape index (κ1) is 13.9. The van der Waals surface area contributed by atoms with E-state index in [4.69, 9.17) is 5.11 Å².